The monoisotopic (exact) mass is 463 g/mol. The fraction of sp³-hybridized carbons (Fsp3) is 0.667. The summed E-state index contributed by atoms with van der Waals surface area (Å²) in [6.07, 6.45) is 5.70. The highest BCUT2D eigenvalue weighted by Crippen LogP contribution is 2.21. The van der Waals surface area contributed by atoms with Crippen molar-refractivity contribution in [3.05, 3.63) is 23.7 Å². The maximum Gasteiger partial charge on any atom is 0.306 e. The van der Waals surface area contributed by atoms with Crippen molar-refractivity contribution in [2.24, 2.45) is 4.99 Å². The topological polar surface area (TPSA) is 75.9 Å². The minimum atomic E-state index is -0.0916. The second-order valence-corrected chi connectivity index (χ2v) is 6.31. The number of furan rings is 1. The molecule has 1 atom stereocenters. The van der Waals surface area contributed by atoms with Crippen LogP contribution in [0.15, 0.2) is 21.5 Å². The van der Waals surface area contributed by atoms with Crippen LogP contribution in [0.5, 0.6) is 0 Å². The first-order chi connectivity index (χ1) is 11.6. The Morgan fingerprint density at radius 1 is 1.40 bits per heavy atom. The van der Waals surface area contributed by atoms with Crippen molar-refractivity contribution >= 4 is 35.9 Å². The number of ether oxygens (including phenoxy) is 1. The lowest BCUT2D eigenvalue weighted by atomic mass is 10.2. The number of nitrogens with zero attached hydrogens (tertiary/aromatic N) is 1. The normalized spacial score (nSPS) is 16.2. The zero-order valence-corrected chi connectivity index (χ0v) is 17.7. The van der Waals surface area contributed by atoms with E-state index in [1.165, 1.54) is 12.8 Å². The molecule has 1 unspecified atom stereocenters. The number of aliphatic imine (C=N–C) groups is 1. The van der Waals surface area contributed by atoms with Crippen LogP contribution in [0.3, 0.4) is 0 Å². The quantitative estimate of drug-likeness (QED) is 0.212. The lowest BCUT2D eigenvalue weighted by Gasteiger charge is -2.16. The molecule has 142 valence electrons. The predicted molar refractivity (Wildman–Crippen MR) is 109 cm³/mol. The predicted octanol–water partition coefficient (Wildman–Crippen LogP) is 3.70. The minimum absolute atomic E-state index is 0. The molecule has 1 aliphatic carbocycles. The average Bonchev–Trinajstić information content (AvgIpc) is 3.21. The summed E-state index contributed by atoms with van der Waals surface area (Å²) < 4.78 is 11.0. The standard InChI is InChI=1S/C18H29N3O3.HI/c1-13-10-11-16(23-13)14(2)21-18(19-3)20-12-6-9-17(22)24-15-7-4-5-8-15;/h10-11,14-15H,4-9,12H2,1-3H3,(H2,19,20,21);1H. The fourth-order valence-electron chi connectivity index (χ4n) is 2.85. The fourth-order valence-corrected chi connectivity index (χ4v) is 2.85. The first kappa shape index (κ1) is 21.8. The lowest BCUT2D eigenvalue weighted by Crippen LogP contribution is -2.39. The van der Waals surface area contributed by atoms with Crippen molar-refractivity contribution in [2.45, 2.75) is 64.5 Å². The highest BCUT2D eigenvalue weighted by atomic mass is 127. The van der Waals surface area contributed by atoms with Gasteiger partial charge in [0.05, 0.1) is 6.04 Å². The molecule has 25 heavy (non-hydrogen) atoms. The van der Waals surface area contributed by atoms with Gasteiger partial charge < -0.3 is 19.8 Å². The zero-order chi connectivity index (χ0) is 17.4. The van der Waals surface area contributed by atoms with Crippen LogP contribution in [0.1, 0.15) is 63.0 Å². The first-order valence-corrected chi connectivity index (χ1v) is 8.81. The van der Waals surface area contributed by atoms with E-state index >= 15 is 0 Å². The molecule has 0 bridgehead atoms. The van der Waals surface area contributed by atoms with E-state index in [-0.39, 0.29) is 42.1 Å². The van der Waals surface area contributed by atoms with E-state index in [4.69, 9.17) is 9.15 Å². The minimum Gasteiger partial charge on any atom is -0.464 e. The van der Waals surface area contributed by atoms with E-state index in [2.05, 4.69) is 15.6 Å². The molecular formula is C18H30IN3O3. The van der Waals surface area contributed by atoms with Crippen molar-refractivity contribution in [2.75, 3.05) is 13.6 Å². The van der Waals surface area contributed by atoms with Crippen molar-refractivity contribution in [1.82, 2.24) is 10.6 Å². The Labute approximate surface area is 167 Å². The van der Waals surface area contributed by atoms with Gasteiger partial charge in [-0.1, -0.05) is 0 Å². The molecule has 0 aromatic carbocycles. The molecule has 7 heteroatoms. The number of guanidine groups is 1. The summed E-state index contributed by atoms with van der Waals surface area (Å²) in [6, 6.07) is 3.93. The Morgan fingerprint density at radius 2 is 2.12 bits per heavy atom. The van der Waals surface area contributed by atoms with Crippen LogP contribution in [0, 0.1) is 6.92 Å². The summed E-state index contributed by atoms with van der Waals surface area (Å²) in [7, 11) is 1.73. The number of hydrogen-bond acceptors (Lipinski definition) is 4. The number of hydrogen-bond donors (Lipinski definition) is 2. The number of halogens is 1. The maximum atomic E-state index is 11.8. The number of aryl methyl sites for hydroxylation is 1. The van der Waals surface area contributed by atoms with Crippen molar-refractivity contribution in [3.8, 4) is 0 Å². The van der Waals surface area contributed by atoms with Crippen molar-refractivity contribution in [1.29, 1.82) is 0 Å². The van der Waals surface area contributed by atoms with E-state index in [9.17, 15) is 4.79 Å². The molecular weight excluding hydrogens is 433 g/mol. The molecule has 2 rings (SSSR count). The molecule has 1 fully saturated rings. The molecule has 6 nitrogen and oxygen atoms in total. The van der Waals surface area contributed by atoms with E-state index in [0.717, 1.165) is 30.8 Å². The van der Waals surface area contributed by atoms with Gasteiger partial charge in [-0.2, -0.15) is 0 Å². The van der Waals surface area contributed by atoms with Gasteiger partial charge in [-0.15, -0.1) is 24.0 Å². The zero-order valence-electron chi connectivity index (χ0n) is 15.3. The average molecular weight is 463 g/mol. The van der Waals surface area contributed by atoms with Crippen molar-refractivity contribution in [3.63, 3.8) is 0 Å². The number of carbonyl (C=O) groups excluding carboxylic acids is 1. The van der Waals surface area contributed by atoms with Gasteiger partial charge >= 0.3 is 5.97 Å². The van der Waals surface area contributed by atoms with Crippen LogP contribution in [-0.2, 0) is 9.53 Å². The summed E-state index contributed by atoms with van der Waals surface area (Å²) in [5.74, 6) is 2.37. The van der Waals surface area contributed by atoms with Gasteiger partial charge in [-0.25, -0.2) is 0 Å². The van der Waals surface area contributed by atoms with Gasteiger partial charge in [-0.3, -0.25) is 9.79 Å². The molecule has 0 amide bonds. The lowest BCUT2D eigenvalue weighted by molar-refractivity contribution is -0.148. The molecule has 1 heterocycles. The van der Waals surface area contributed by atoms with E-state index < -0.39 is 0 Å². The Bertz CT molecular complexity index is 554. The molecule has 0 radical (unpaired) electrons. The Kier molecular flexibility index (Phi) is 9.92. The van der Waals surface area contributed by atoms with Gasteiger partial charge in [0.15, 0.2) is 5.96 Å². The molecule has 0 spiro atoms. The third-order valence-corrected chi connectivity index (χ3v) is 4.22. The summed E-state index contributed by atoms with van der Waals surface area (Å²) in [4.78, 5) is 16.0. The van der Waals surface area contributed by atoms with Gasteiger partial charge in [0.1, 0.15) is 17.6 Å². The Balaban J connectivity index is 0.00000312. The van der Waals surface area contributed by atoms with E-state index in [1.807, 2.05) is 26.0 Å². The maximum absolute atomic E-state index is 11.8. The molecule has 2 N–H and O–H groups in total. The molecule has 0 aliphatic heterocycles. The molecule has 1 aliphatic rings. The third-order valence-electron chi connectivity index (χ3n) is 4.22. The van der Waals surface area contributed by atoms with Crippen LogP contribution in [0.2, 0.25) is 0 Å². The first-order valence-electron chi connectivity index (χ1n) is 8.81. The van der Waals surface area contributed by atoms with Crippen LogP contribution >= 0.6 is 24.0 Å². The van der Waals surface area contributed by atoms with Gasteiger partial charge in [0.25, 0.3) is 0 Å². The number of rotatable bonds is 7. The molecule has 1 saturated carbocycles. The number of carbonyl (C=O) groups is 1. The summed E-state index contributed by atoms with van der Waals surface area (Å²) >= 11 is 0. The van der Waals surface area contributed by atoms with E-state index in [0.29, 0.717) is 18.9 Å². The second-order valence-electron chi connectivity index (χ2n) is 6.31. The molecule has 1 aromatic heterocycles. The van der Waals surface area contributed by atoms with Crippen molar-refractivity contribution < 1.29 is 13.9 Å². The highest BCUT2D eigenvalue weighted by molar-refractivity contribution is 14.0. The van der Waals surface area contributed by atoms with Gasteiger partial charge in [0, 0.05) is 20.0 Å². The summed E-state index contributed by atoms with van der Waals surface area (Å²) in [5.41, 5.74) is 0. The largest absolute Gasteiger partial charge is 0.464 e. The van der Waals surface area contributed by atoms with Crippen LogP contribution < -0.4 is 10.6 Å². The highest BCUT2D eigenvalue weighted by Gasteiger charge is 2.18. The summed E-state index contributed by atoms with van der Waals surface area (Å²) in [5, 5.41) is 6.49. The summed E-state index contributed by atoms with van der Waals surface area (Å²) in [6.45, 7) is 4.61. The van der Waals surface area contributed by atoms with Gasteiger partial charge in [-0.05, 0) is 58.1 Å². The molecule has 0 saturated heterocycles. The smallest absolute Gasteiger partial charge is 0.306 e. The van der Waals surface area contributed by atoms with Gasteiger partial charge in [0.2, 0.25) is 0 Å². The molecule has 1 aromatic rings. The van der Waals surface area contributed by atoms with Crippen LogP contribution in [0.4, 0.5) is 0 Å². The SMILES string of the molecule is CN=C(NCCCC(=O)OC1CCCC1)NC(C)c1ccc(C)o1.I. The van der Waals surface area contributed by atoms with E-state index in [1.54, 1.807) is 7.05 Å². The Morgan fingerprint density at radius 3 is 2.72 bits per heavy atom. The number of esters is 1. The third kappa shape index (κ3) is 7.66. The second kappa shape index (κ2) is 11.4. The van der Waals surface area contributed by atoms with Crippen LogP contribution in [0.25, 0.3) is 0 Å². The van der Waals surface area contributed by atoms with Crippen LogP contribution in [-0.4, -0.2) is 31.6 Å². The Hall–Kier alpha value is -1.25. The number of nitrogens with one attached hydrogen (secondary N) is 2.